The van der Waals surface area contributed by atoms with Crippen LogP contribution >= 0.6 is 0 Å². The van der Waals surface area contributed by atoms with Crippen molar-refractivity contribution < 1.29 is 15.0 Å². The molecule has 0 bridgehead atoms. The summed E-state index contributed by atoms with van der Waals surface area (Å²) in [4.78, 5) is 11.9. The third-order valence-corrected chi connectivity index (χ3v) is 2.52. The summed E-state index contributed by atoms with van der Waals surface area (Å²) >= 11 is 0. The fourth-order valence-corrected chi connectivity index (χ4v) is 1.57. The van der Waals surface area contributed by atoms with Crippen LogP contribution in [0, 0.1) is 0 Å². The van der Waals surface area contributed by atoms with Gasteiger partial charge in [0.1, 0.15) is 11.9 Å². The highest BCUT2D eigenvalue weighted by atomic mass is 16.3. The number of carbonyl (C=O) groups excluding carboxylic acids is 1. The molecule has 0 fully saturated rings. The van der Waals surface area contributed by atoms with Crippen LogP contribution < -0.4 is 0 Å². The lowest BCUT2D eigenvalue weighted by Crippen LogP contribution is -2.11. The molecule has 1 unspecified atom stereocenters. The number of hydrogen-bond acceptors (Lipinski definition) is 3. The number of phenolic OH excluding ortho intramolecular Hbond substituents is 1. The molecule has 0 amide bonds. The molecule has 1 atom stereocenters. The van der Waals surface area contributed by atoms with E-state index in [0.29, 0.717) is 11.1 Å². The highest BCUT2D eigenvalue weighted by Crippen LogP contribution is 2.20. The molecule has 2 aromatic carbocycles. The van der Waals surface area contributed by atoms with Crippen LogP contribution in [0.5, 0.6) is 5.75 Å². The number of benzene rings is 2. The van der Waals surface area contributed by atoms with Gasteiger partial charge in [0.15, 0.2) is 5.78 Å². The van der Waals surface area contributed by atoms with Crippen LogP contribution in [0.3, 0.4) is 0 Å². The second kappa shape index (κ2) is 4.80. The molecule has 3 nitrogen and oxygen atoms in total. The standard InChI is InChI=1S/C14H12O3/c15-12-8-6-11(7-9-12)14(17)13(16)10-4-2-1-3-5-10/h1-9,14-15,17H. The lowest BCUT2D eigenvalue weighted by molar-refractivity contribution is 0.0747. The highest BCUT2D eigenvalue weighted by Gasteiger charge is 2.18. The van der Waals surface area contributed by atoms with Gasteiger partial charge in [0, 0.05) is 5.56 Å². The van der Waals surface area contributed by atoms with E-state index in [9.17, 15) is 9.90 Å². The molecule has 17 heavy (non-hydrogen) atoms. The molecule has 0 aromatic heterocycles. The Kier molecular flexibility index (Phi) is 3.21. The Hall–Kier alpha value is -2.13. The summed E-state index contributed by atoms with van der Waals surface area (Å²) < 4.78 is 0. The molecule has 0 aliphatic carbocycles. The van der Waals surface area contributed by atoms with Gasteiger partial charge in [-0.05, 0) is 17.7 Å². The van der Waals surface area contributed by atoms with Crippen LogP contribution in [0.1, 0.15) is 22.0 Å². The van der Waals surface area contributed by atoms with Gasteiger partial charge in [-0.25, -0.2) is 0 Å². The molecule has 0 radical (unpaired) electrons. The molecular weight excluding hydrogens is 216 g/mol. The summed E-state index contributed by atoms with van der Waals surface area (Å²) in [5.41, 5.74) is 0.935. The van der Waals surface area contributed by atoms with E-state index in [0.717, 1.165) is 0 Å². The van der Waals surface area contributed by atoms with Crippen molar-refractivity contribution >= 4 is 5.78 Å². The fourth-order valence-electron chi connectivity index (χ4n) is 1.57. The Bertz CT molecular complexity index is 503. The zero-order valence-corrected chi connectivity index (χ0v) is 9.08. The predicted octanol–water partition coefficient (Wildman–Crippen LogP) is 2.31. The van der Waals surface area contributed by atoms with Crippen LogP contribution in [0.2, 0.25) is 0 Å². The molecule has 0 saturated carbocycles. The van der Waals surface area contributed by atoms with Crippen molar-refractivity contribution in [2.75, 3.05) is 0 Å². The van der Waals surface area contributed by atoms with Gasteiger partial charge in [0.25, 0.3) is 0 Å². The Balaban J connectivity index is 2.23. The Morgan fingerprint density at radius 1 is 0.941 bits per heavy atom. The molecule has 0 aliphatic heterocycles. The van der Waals surface area contributed by atoms with Crippen molar-refractivity contribution in [1.82, 2.24) is 0 Å². The SMILES string of the molecule is O=C(c1ccccc1)C(O)c1ccc(O)cc1. The summed E-state index contributed by atoms with van der Waals surface area (Å²) in [5.74, 6) is -0.246. The van der Waals surface area contributed by atoms with E-state index < -0.39 is 6.10 Å². The monoisotopic (exact) mass is 228 g/mol. The number of aromatic hydroxyl groups is 1. The van der Waals surface area contributed by atoms with Crippen LogP contribution in [-0.2, 0) is 0 Å². The highest BCUT2D eigenvalue weighted by molar-refractivity contribution is 5.99. The maximum atomic E-state index is 11.9. The summed E-state index contributed by atoms with van der Waals surface area (Å²) in [6.45, 7) is 0. The van der Waals surface area contributed by atoms with Crippen LogP contribution in [0.25, 0.3) is 0 Å². The normalized spacial score (nSPS) is 12.1. The third-order valence-electron chi connectivity index (χ3n) is 2.52. The average molecular weight is 228 g/mol. The van der Waals surface area contributed by atoms with Crippen LogP contribution in [0.4, 0.5) is 0 Å². The summed E-state index contributed by atoms with van der Waals surface area (Å²) in [7, 11) is 0. The lowest BCUT2D eigenvalue weighted by atomic mass is 10.00. The maximum absolute atomic E-state index is 11.9. The van der Waals surface area contributed by atoms with Gasteiger partial charge in [0.05, 0.1) is 0 Å². The number of ketones is 1. The zero-order chi connectivity index (χ0) is 12.3. The minimum atomic E-state index is -1.20. The van der Waals surface area contributed by atoms with Gasteiger partial charge in [0.2, 0.25) is 0 Å². The van der Waals surface area contributed by atoms with E-state index in [2.05, 4.69) is 0 Å². The molecule has 3 heteroatoms. The topological polar surface area (TPSA) is 57.5 Å². The molecule has 2 N–H and O–H groups in total. The maximum Gasteiger partial charge on any atom is 0.195 e. The predicted molar refractivity (Wildman–Crippen MR) is 63.8 cm³/mol. The van der Waals surface area contributed by atoms with E-state index in [1.807, 2.05) is 6.07 Å². The van der Waals surface area contributed by atoms with E-state index in [-0.39, 0.29) is 11.5 Å². The second-order valence-electron chi connectivity index (χ2n) is 3.72. The minimum Gasteiger partial charge on any atom is -0.508 e. The first kappa shape index (κ1) is 11.4. The molecule has 0 aliphatic rings. The minimum absolute atomic E-state index is 0.105. The van der Waals surface area contributed by atoms with Crippen molar-refractivity contribution in [1.29, 1.82) is 0 Å². The van der Waals surface area contributed by atoms with Crippen molar-refractivity contribution in [3.63, 3.8) is 0 Å². The van der Waals surface area contributed by atoms with Gasteiger partial charge in [-0.3, -0.25) is 4.79 Å². The second-order valence-corrected chi connectivity index (χ2v) is 3.72. The molecule has 2 aromatic rings. The van der Waals surface area contributed by atoms with E-state index >= 15 is 0 Å². The molecule has 0 saturated heterocycles. The Morgan fingerprint density at radius 2 is 1.53 bits per heavy atom. The van der Waals surface area contributed by atoms with E-state index in [4.69, 9.17) is 5.11 Å². The average Bonchev–Trinajstić information content (AvgIpc) is 2.39. The number of hydrogen-bond donors (Lipinski definition) is 2. The first-order valence-electron chi connectivity index (χ1n) is 5.25. The lowest BCUT2D eigenvalue weighted by Gasteiger charge is -2.09. The molecular formula is C14H12O3. The largest absolute Gasteiger partial charge is 0.508 e. The number of aliphatic hydroxyl groups is 1. The molecule has 2 rings (SSSR count). The van der Waals surface area contributed by atoms with Crippen molar-refractivity contribution in [2.24, 2.45) is 0 Å². The van der Waals surface area contributed by atoms with Gasteiger partial charge in [-0.1, -0.05) is 42.5 Å². The van der Waals surface area contributed by atoms with E-state index in [1.165, 1.54) is 24.3 Å². The van der Waals surface area contributed by atoms with Crippen molar-refractivity contribution in [3.8, 4) is 5.75 Å². The fraction of sp³-hybridized carbons (Fsp3) is 0.0714. The number of phenols is 1. The summed E-state index contributed by atoms with van der Waals surface area (Å²) in [5, 5.41) is 19.0. The number of carbonyl (C=O) groups is 1. The van der Waals surface area contributed by atoms with Gasteiger partial charge in [-0.2, -0.15) is 0 Å². The first-order valence-corrected chi connectivity index (χ1v) is 5.25. The van der Waals surface area contributed by atoms with Crippen LogP contribution in [0.15, 0.2) is 54.6 Å². The summed E-state index contributed by atoms with van der Waals surface area (Å²) in [6.07, 6.45) is -1.20. The number of aliphatic hydroxyl groups excluding tert-OH is 1. The zero-order valence-electron chi connectivity index (χ0n) is 9.08. The third kappa shape index (κ3) is 2.52. The van der Waals surface area contributed by atoms with Crippen molar-refractivity contribution in [2.45, 2.75) is 6.10 Å². The van der Waals surface area contributed by atoms with Gasteiger partial charge < -0.3 is 10.2 Å². The molecule has 0 spiro atoms. The van der Waals surface area contributed by atoms with Crippen LogP contribution in [-0.4, -0.2) is 16.0 Å². The first-order chi connectivity index (χ1) is 8.18. The number of rotatable bonds is 3. The summed E-state index contributed by atoms with van der Waals surface area (Å²) in [6, 6.07) is 14.6. The van der Waals surface area contributed by atoms with E-state index in [1.54, 1.807) is 24.3 Å². The Morgan fingerprint density at radius 3 is 2.12 bits per heavy atom. The molecule has 0 heterocycles. The Labute approximate surface area is 99.0 Å². The van der Waals surface area contributed by atoms with Gasteiger partial charge >= 0.3 is 0 Å². The number of Topliss-reactive ketones (excluding diaryl/α,β-unsaturated/α-hetero) is 1. The molecule has 86 valence electrons. The van der Waals surface area contributed by atoms with Gasteiger partial charge in [-0.15, -0.1) is 0 Å². The smallest absolute Gasteiger partial charge is 0.195 e. The van der Waals surface area contributed by atoms with Crippen molar-refractivity contribution in [3.05, 3.63) is 65.7 Å². The quantitative estimate of drug-likeness (QED) is 0.792.